The third-order valence-electron chi connectivity index (χ3n) is 3.08. The lowest BCUT2D eigenvalue weighted by molar-refractivity contribution is -0.136. The second kappa shape index (κ2) is 6.61. The van der Waals surface area contributed by atoms with Crippen LogP contribution in [-0.4, -0.2) is 28.5 Å². The molecule has 0 fully saturated rings. The fourth-order valence-electron chi connectivity index (χ4n) is 2.17. The average molecular weight is 279 g/mol. The zero-order valence-electron chi connectivity index (χ0n) is 10.6. The second-order valence-electron chi connectivity index (χ2n) is 4.58. The molecule has 0 aromatic heterocycles. The highest BCUT2D eigenvalue weighted by Crippen LogP contribution is 2.24. The van der Waals surface area contributed by atoms with Crippen molar-refractivity contribution in [2.45, 2.75) is 25.7 Å². The fraction of sp³-hybridized carbons (Fsp3) is 0.429. The molecule has 0 atom stereocenters. The number of amides is 1. The van der Waals surface area contributed by atoms with Gasteiger partial charge in [-0.2, -0.15) is 11.8 Å². The molecule has 1 aliphatic carbocycles. The molecule has 0 aliphatic heterocycles. The molecule has 19 heavy (non-hydrogen) atoms. The van der Waals surface area contributed by atoms with E-state index in [0.29, 0.717) is 11.5 Å². The van der Waals surface area contributed by atoms with Crippen LogP contribution >= 0.6 is 11.8 Å². The smallest absolute Gasteiger partial charge is 0.304 e. The lowest BCUT2D eigenvalue weighted by Crippen LogP contribution is -2.14. The van der Waals surface area contributed by atoms with E-state index in [2.05, 4.69) is 11.4 Å². The number of thioether (sulfide) groups is 1. The normalized spacial score (nSPS) is 13.1. The molecular formula is C14H17NO3S. The van der Waals surface area contributed by atoms with Gasteiger partial charge in [0.25, 0.3) is 0 Å². The number of carboxylic acid groups (broad SMARTS) is 1. The minimum absolute atomic E-state index is 0.0756. The number of benzene rings is 1. The summed E-state index contributed by atoms with van der Waals surface area (Å²) >= 11 is 1.34. The van der Waals surface area contributed by atoms with Gasteiger partial charge in [0.1, 0.15) is 0 Å². The summed E-state index contributed by atoms with van der Waals surface area (Å²) in [7, 11) is 0. The van der Waals surface area contributed by atoms with Crippen LogP contribution in [0, 0.1) is 0 Å². The third-order valence-corrected chi connectivity index (χ3v) is 4.03. The molecule has 0 unspecified atom stereocenters. The van der Waals surface area contributed by atoms with E-state index in [9.17, 15) is 9.59 Å². The van der Waals surface area contributed by atoms with Gasteiger partial charge in [0.05, 0.1) is 12.2 Å². The van der Waals surface area contributed by atoms with Crippen LogP contribution in [0.2, 0.25) is 0 Å². The summed E-state index contributed by atoms with van der Waals surface area (Å²) in [6, 6.07) is 6.06. The number of carbonyl (C=O) groups excluding carboxylic acids is 1. The van der Waals surface area contributed by atoms with Crippen molar-refractivity contribution < 1.29 is 14.7 Å². The van der Waals surface area contributed by atoms with Crippen LogP contribution in [0.4, 0.5) is 5.69 Å². The number of anilines is 1. The Morgan fingerprint density at radius 1 is 1.26 bits per heavy atom. The van der Waals surface area contributed by atoms with Crippen LogP contribution in [0.15, 0.2) is 18.2 Å². The summed E-state index contributed by atoms with van der Waals surface area (Å²) in [5.74, 6) is -0.142. The van der Waals surface area contributed by atoms with Gasteiger partial charge >= 0.3 is 5.97 Å². The maximum absolute atomic E-state index is 11.7. The molecule has 0 radical (unpaired) electrons. The van der Waals surface area contributed by atoms with Crippen LogP contribution in [0.3, 0.4) is 0 Å². The van der Waals surface area contributed by atoms with E-state index in [1.54, 1.807) is 0 Å². The van der Waals surface area contributed by atoms with Crippen molar-refractivity contribution in [3.8, 4) is 0 Å². The number of rotatable bonds is 6. The number of aryl methyl sites for hydroxylation is 2. The molecule has 1 aromatic rings. The predicted molar refractivity (Wildman–Crippen MR) is 76.7 cm³/mol. The molecule has 1 amide bonds. The largest absolute Gasteiger partial charge is 0.481 e. The maximum atomic E-state index is 11.7. The first-order valence-corrected chi connectivity index (χ1v) is 7.52. The van der Waals surface area contributed by atoms with Gasteiger partial charge in [-0.05, 0) is 42.5 Å². The molecule has 2 N–H and O–H groups in total. The standard InChI is InChI=1S/C14H17NO3S/c16-13(9-19-7-6-14(17)18)15-12-5-4-10-2-1-3-11(10)8-12/h4-5,8H,1-3,6-7,9H2,(H,15,16)(H,17,18). The summed E-state index contributed by atoms with van der Waals surface area (Å²) in [5.41, 5.74) is 3.55. The van der Waals surface area contributed by atoms with Gasteiger partial charge in [-0.3, -0.25) is 9.59 Å². The summed E-state index contributed by atoms with van der Waals surface area (Å²) in [4.78, 5) is 22.0. The SMILES string of the molecule is O=C(O)CCSCC(=O)Nc1ccc2c(c1)CCC2. The van der Waals surface area contributed by atoms with E-state index < -0.39 is 5.97 Å². The summed E-state index contributed by atoms with van der Waals surface area (Å²) < 4.78 is 0. The number of hydrogen-bond donors (Lipinski definition) is 2. The van der Waals surface area contributed by atoms with Crippen molar-refractivity contribution >= 4 is 29.3 Å². The van der Waals surface area contributed by atoms with E-state index in [0.717, 1.165) is 18.5 Å². The van der Waals surface area contributed by atoms with Crippen molar-refractivity contribution in [1.82, 2.24) is 0 Å². The molecule has 0 saturated carbocycles. The molecule has 5 heteroatoms. The molecule has 0 bridgehead atoms. The molecule has 0 heterocycles. The van der Waals surface area contributed by atoms with Gasteiger partial charge in [-0.1, -0.05) is 6.07 Å². The summed E-state index contributed by atoms with van der Waals surface area (Å²) in [6.07, 6.45) is 3.51. The molecule has 0 spiro atoms. The first-order valence-electron chi connectivity index (χ1n) is 6.36. The molecule has 4 nitrogen and oxygen atoms in total. The Kier molecular flexibility index (Phi) is 4.85. The van der Waals surface area contributed by atoms with Crippen molar-refractivity contribution in [2.24, 2.45) is 0 Å². The minimum Gasteiger partial charge on any atom is -0.481 e. The van der Waals surface area contributed by atoms with Gasteiger partial charge < -0.3 is 10.4 Å². The van der Waals surface area contributed by atoms with Crippen LogP contribution < -0.4 is 5.32 Å². The lowest BCUT2D eigenvalue weighted by atomic mass is 10.1. The Labute approximate surface area is 116 Å². The number of aliphatic carboxylic acids is 1. The zero-order valence-corrected chi connectivity index (χ0v) is 11.5. The van der Waals surface area contributed by atoms with Crippen molar-refractivity contribution in [1.29, 1.82) is 0 Å². The van der Waals surface area contributed by atoms with E-state index in [-0.39, 0.29) is 12.3 Å². The quantitative estimate of drug-likeness (QED) is 0.784. The predicted octanol–water partition coefficient (Wildman–Crippen LogP) is 2.32. The first-order chi connectivity index (χ1) is 9.15. The number of fused-ring (bicyclic) bond motifs is 1. The van der Waals surface area contributed by atoms with E-state index in [1.807, 2.05) is 12.1 Å². The maximum Gasteiger partial charge on any atom is 0.304 e. The number of hydrogen-bond acceptors (Lipinski definition) is 3. The van der Waals surface area contributed by atoms with E-state index in [4.69, 9.17) is 5.11 Å². The van der Waals surface area contributed by atoms with Gasteiger partial charge in [0.15, 0.2) is 0 Å². The molecule has 1 aromatic carbocycles. The lowest BCUT2D eigenvalue weighted by Gasteiger charge is -2.07. The number of nitrogens with one attached hydrogen (secondary N) is 1. The Morgan fingerprint density at radius 2 is 2.05 bits per heavy atom. The van der Waals surface area contributed by atoms with Crippen LogP contribution in [0.25, 0.3) is 0 Å². The first kappa shape index (κ1) is 13.9. The molecule has 1 aliphatic rings. The third kappa shape index (κ3) is 4.28. The Balaban J connectivity index is 1.77. The number of carboxylic acids is 1. The van der Waals surface area contributed by atoms with E-state index >= 15 is 0 Å². The van der Waals surface area contributed by atoms with Crippen LogP contribution in [0.5, 0.6) is 0 Å². The Hall–Kier alpha value is -1.49. The molecular weight excluding hydrogens is 262 g/mol. The van der Waals surface area contributed by atoms with Crippen molar-refractivity contribution in [2.75, 3.05) is 16.8 Å². The summed E-state index contributed by atoms with van der Waals surface area (Å²) in [6.45, 7) is 0. The minimum atomic E-state index is -0.827. The fourth-order valence-corrected chi connectivity index (χ4v) is 2.89. The van der Waals surface area contributed by atoms with Crippen LogP contribution in [-0.2, 0) is 22.4 Å². The monoisotopic (exact) mass is 279 g/mol. The Bertz CT molecular complexity index is 488. The highest BCUT2D eigenvalue weighted by atomic mass is 32.2. The van der Waals surface area contributed by atoms with Crippen LogP contribution in [0.1, 0.15) is 24.0 Å². The van der Waals surface area contributed by atoms with Crippen molar-refractivity contribution in [3.05, 3.63) is 29.3 Å². The molecule has 0 saturated heterocycles. The van der Waals surface area contributed by atoms with Gasteiger partial charge in [0.2, 0.25) is 5.91 Å². The molecule has 2 rings (SSSR count). The van der Waals surface area contributed by atoms with Gasteiger partial charge in [0, 0.05) is 11.4 Å². The highest BCUT2D eigenvalue weighted by molar-refractivity contribution is 7.99. The van der Waals surface area contributed by atoms with E-state index in [1.165, 1.54) is 29.3 Å². The second-order valence-corrected chi connectivity index (χ2v) is 5.69. The highest BCUT2D eigenvalue weighted by Gasteiger charge is 2.11. The summed E-state index contributed by atoms with van der Waals surface area (Å²) in [5, 5.41) is 11.3. The van der Waals surface area contributed by atoms with Gasteiger partial charge in [-0.15, -0.1) is 0 Å². The number of carbonyl (C=O) groups is 2. The molecule has 102 valence electrons. The van der Waals surface area contributed by atoms with Gasteiger partial charge in [-0.25, -0.2) is 0 Å². The Morgan fingerprint density at radius 3 is 2.84 bits per heavy atom. The zero-order chi connectivity index (χ0) is 13.7. The topological polar surface area (TPSA) is 66.4 Å². The van der Waals surface area contributed by atoms with Crippen molar-refractivity contribution in [3.63, 3.8) is 0 Å². The average Bonchev–Trinajstić information content (AvgIpc) is 2.82.